The molecule has 0 bridgehead atoms. The highest BCUT2D eigenvalue weighted by Crippen LogP contribution is 2.27. The first-order valence-corrected chi connectivity index (χ1v) is 5.00. The Balaban J connectivity index is 2.40. The van der Waals surface area contributed by atoms with E-state index >= 15 is 0 Å². The zero-order valence-electron chi connectivity index (χ0n) is 7.88. The molecule has 0 fully saturated rings. The summed E-state index contributed by atoms with van der Waals surface area (Å²) in [5, 5.41) is 0. The lowest BCUT2D eigenvalue weighted by Crippen LogP contribution is -2.03. The molecule has 0 aromatic rings. The molecule has 12 heavy (non-hydrogen) atoms. The van der Waals surface area contributed by atoms with Gasteiger partial charge < -0.3 is 4.79 Å². The summed E-state index contributed by atoms with van der Waals surface area (Å²) in [6.07, 6.45) is 10.3. The summed E-state index contributed by atoms with van der Waals surface area (Å²) in [4.78, 5) is 10.2. The van der Waals surface area contributed by atoms with Gasteiger partial charge in [-0.2, -0.15) is 0 Å². The van der Waals surface area contributed by atoms with Crippen molar-refractivity contribution in [3.63, 3.8) is 0 Å². The van der Waals surface area contributed by atoms with Crippen LogP contribution in [0.25, 0.3) is 0 Å². The predicted molar refractivity (Wildman–Crippen MR) is 51.0 cm³/mol. The van der Waals surface area contributed by atoms with Crippen LogP contribution in [-0.4, -0.2) is 6.29 Å². The van der Waals surface area contributed by atoms with Crippen LogP contribution in [0.2, 0.25) is 0 Å². The van der Waals surface area contributed by atoms with Crippen LogP contribution in [0, 0.1) is 5.92 Å². The standard InChI is InChI=1S/C11H18O/c1-2-10-5-3-6-11(9-10)7-4-8-12/h8-10H,2-7H2,1H3. The van der Waals surface area contributed by atoms with E-state index in [9.17, 15) is 4.79 Å². The highest BCUT2D eigenvalue weighted by Gasteiger charge is 2.10. The molecule has 0 saturated heterocycles. The largest absolute Gasteiger partial charge is 0.303 e. The quantitative estimate of drug-likeness (QED) is 0.463. The van der Waals surface area contributed by atoms with Crippen molar-refractivity contribution in [2.24, 2.45) is 5.92 Å². The molecule has 68 valence electrons. The lowest BCUT2D eigenvalue weighted by atomic mass is 9.87. The van der Waals surface area contributed by atoms with Crippen molar-refractivity contribution in [1.29, 1.82) is 0 Å². The van der Waals surface area contributed by atoms with Gasteiger partial charge in [-0.05, 0) is 38.0 Å². The number of aldehydes is 1. The van der Waals surface area contributed by atoms with E-state index in [2.05, 4.69) is 13.0 Å². The van der Waals surface area contributed by atoms with Gasteiger partial charge in [0.2, 0.25) is 0 Å². The maximum absolute atomic E-state index is 10.2. The van der Waals surface area contributed by atoms with E-state index in [1.54, 1.807) is 0 Å². The minimum atomic E-state index is 0.711. The van der Waals surface area contributed by atoms with Crippen LogP contribution < -0.4 is 0 Å². The van der Waals surface area contributed by atoms with Gasteiger partial charge in [-0.3, -0.25) is 0 Å². The first kappa shape index (κ1) is 9.50. The van der Waals surface area contributed by atoms with Crippen LogP contribution in [0.15, 0.2) is 11.6 Å². The van der Waals surface area contributed by atoms with Gasteiger partial charge in [0, 0.05) is 6.42 Å². The molecule has 1 heteroatoms. The van der Waals surface area contributed by atoms with Gasteiger partial charge in [-0.25, -0.2) is 0 Å². The van der Waals surface area contributed by atoms with Crippen LogP contribution in [-0.2, 0) is 4.79 Å². The van der Waals surface area contributed by atoms with E-state index < -0.39 is 0 Å². The molecule has 0 radical (unpaired) electrons. The van der Waals surface area contributed by atoms with Gasteiger partial charge >= 0.3 is 0 Å². The van der Waals surface area contributed by atoms with Crippen molar-refractivity contribution in [3.05, 3.63) is 11.6 Å². The van der Waals surface area contributed by atoms with Gasteiger partial charge in [0.05, 0.1) is 0 Å². The van der Waals surface area contributed by atoms with Crippen LogP contribution in [0.3, 0.4) is 0 Å². The molecule has 0 aromatic heterocycles. The van der Waals surface area contributed by atoms with Crippen LogP contribution >= 0.6 is 0 Å². The molecule has 1 atom stereocenters. The SMILES string of the molecule is CCC1C=C(CCC=O)CCC1. The summed E-state index contributed by atoms with van der Waals surface area (Å²) in [5.41, 5.74) is 1.51. The molecule has 1 aliphatic rings. The lowest BCUT2D eigenvalue weighted by Gasteiger charge is -2.19. The van der Waals surface area contributed by atoms with Crippen LogP contribution in [0.1, 0.15) is 45.4 Å². The van der Waals surface area contributed by atoms with Gasteiger partial charge in [-0.15, -0.1) is 0 Å². The van der Waals surface area contributed by atoms with Crippen molar-refractivity contribution < 1.29 is 4.79 Å². The summed E-state index contributed by atoms with van der Waals surface area (Å²) in [6, 6.07) is 0. The third-order valence-corrected chi connectivity index (χ3v) is 2.65. The highest BCUT2D eigenvalue weighted by molar-refractivity contribution is 5.49. The van der Waals surface area contributed by atoms with E-state index in [0.717, 1.165) is 18.6 Å². The molecule has 0 heterocycles. The minimum absolute atomic E-state index is 0.711. The lowest BCUT2D eigenvalue weighted by molar-refractivity contribution is -0.107. The third-order valence-electron chi connectivity index (χ3n) is 2.65. The second kappa shape index (κ2) is 5.13. The van der Waals surface area contributed by atoms with E-state index in [1.165, 1.54) is 31.3 Å². The summed E-state index contributed by atoms with van der Waals surface area (Å²) in [5.74, 6) is 0.792. The number of hydrogen-bond donors (Lipinski definition) is 0. The second-order valence-electron chi connectivity index (χ2n) is 3.59. The summed E-state index contributed by atoms with van der Waals surface area (Å²) in [6.45, 7) is 2.24. The predicted octanol–water partition coefficient (Wildman–Crippen LogP) is 3.10. The fraction of sp³-hybridized carbons (Fsp3) is 0.727. The fourth-order valence-corrected chi connectivity index (χ4v) is 1.87. The number of allylic oxidation sites excluding steroid dienone is 2. The average molecular weight is 166 g/mol. The number of carbonyl (C=O) groups is 1. The maximum atomic E-state index is 10.2. The summed E-state index contributed by atoms with van der Waals surface area (Å²) in [7, 11) is 0. The van der Waals surface area contributed by atoms with Crippen LogP contribution in [0.5, 0.6) is 0 Å². The Bertz CT molecular complexity index is 170. The Labute approximate surface area is 74.9 Å². The molecule has 1 unspecified atom stereocenters. The Morgan fingerprint density at radius 2 is 2.50 bits per heavy atom. The van der Waals surface area contributed by atoms with Gasteiger partial charge in [0.1, 0.15) is 6.29 Å². The van der Waals surface area contributed by atoms with Crippen molar-refractivity contribution in [3.8, 4) is 0 Å². The number of rotatable bonds is 4. The molecule has 0 N–H and O–H groups in total. The Hall–Kier alpha value is -0.590. The normalized spacial score (nSPS) is 23.4. The zero-order valence-corrected chi connectivity index (χ0v) is 7.88. The highest BCUT2D eigenvalue weighted by atomic mass is 16.1. The molecule has 1 rings (SSSR count). The molecule has 0 aliphatic heterocycles. The number of hydrogen-bond acceptors (Lipinski definition) is 1. The summed E-state index contributed by atoms with van der Waals surface area (Å²) < 4.78 is 0. The van der Waals surface area contributed by atoms with Gasteiger partial charge in [0.25, 0.3) is 0 Å². The molecule has 0 saturated carbocycles. The Morgan fingerprint density at radius 3 is 3.17 bits per heavy atom. The second-order valence-corrected chi connectivity index (χ2v) is 3.59. The minimum Gasteiger partial charge on any atom is -0.303 e. The van der Waals surface area contributed by atoms with Crippen molar-refractivity contribution in [2.45, 2.75) is 45.4 Å². The van der Waals surface area contributed by atoms with Gasteiger partial charge in [0.15, 0.2) is 0 Å². The molecule has 0 spiro atoms. The molecule has 0 amide bonds. The van der Waals surface area contributed by atoms with Crippen molar-refractivity contribution in [2.75, 3.05) is 0 Å². The maximum Gasteiger partial charge on any atom is 0.120 e. The van der Waals surface area contributed by atoms with Gasteiger partial charge in [-0.1, -0.05) is 18.6 Å². The summed E-state index contributed by atoms with van der Waals surface area (Å²) >= 11 is 0. The smallest absolute Gasteiger partial charge is 0.120 e. The topological polar surface area (TPSA) is 17.1 Å². The first-order valence-electron chi connectivity index (χ1n) is 5.00. The molecular formula is C11H18O. The van der Waals surface area contributed by atoms with E-state index in [0.29, 0.717) is 6.42 Å². The molecule has 1 nitrogen and oxygen atoms in total. The average Bonchev–Trinajstić information content (AvgIpc) is 2.15. The number of carbonyl (C=O) groups excluding carboxylic acids is 1. The first-order chi connectivity index (χ1) is 5.86. The fourth-order valence-electron chi connectivity index (χ4n) is 1.87. The molecular weight excluding hydrogens is 148 g/mol. The zero-order chi connectivity index (χ0) is 8.81. The Kier molecular flexibility index (Phi) is 4.06. The van der Waals surface area contributed by atoms with Crippen molar-refractivity contribution >= 4 is 6.29 Å². The Morgan fingerprint density at radius 1 is 1.67 bits per heavy atom. The van der Waals surface area contributed by atoms with Crippen molar-refractivity contribution in [1.82, 2.24) is 0 Å². The molecule has 1 aliphatic carbocycles. The van der Waals surface area contributed by atoms with Crippen LogP contribution in [0.4, 0.5) is 0 Å². The van der Waals surface area contributed by atoms with E-state index in [4.69, 9.17) is 0 Å². The monoisotopic (exact) mass is 166 g/mol. The van der Waals surface area contributed by atoms with E-state index in [1.807, 2.05) is 0 Å². The third kappa shape index (κ3) is 2.80. The molecule has 0 aromatic carbocycles. The van der Waals surface area contributed by atoms with E-state index in [-0.39, 0.29) is 0 Å².